The molecule has 0 N–H and O–H groups in total. The lowest BCUT2D eigenvalue weighted by Gasteiger charge is -2.32. The van der Waals surface area contributed by atoms with Crippen molar-refractivity contribution in [3.05, 3.63) is 15.7 Å². The van der Waals surface area contributed by atoms with Crippen molar-refractivity contribution in [1.29, 1.82) is 0 Å². The van der Waals surface area contributed by atoms with Gasteiger partial charge in [-0.1, -0.05) is 6.92 Å². The lowest BCUT2D eigenvalue weighted by atomic mass is 10.00. The smallest absolute Gasteiger partial charge is 0.225 e. The van der Waals surface area contributed by atoms with Gasteiger partial charge in [-0.25, -0.2) is 4.98 Å². The Labute approximate surface area is 122 Å². The third-order valence-corrected chi connectivity index (χ3v) is 5.21. The highest BCUT2D eigenvalue weighted by Gasteiger charge is 2.22. The van der Waals surface area contributed by atoms with Crippen LogP contribution >= 0.6 is 22.9 Å². The van der Waals surface area contributed by atoms with Crippen LogP contribution in [-0.2, 0) is 0 Å². The van der Waals surface area contributed by atoms with Gasteiger partial charge < -0.3 is 4.90 Å². The second-order valence-corrected chi connectivity index (χ2v) is 7.01. The number of nitrogens with zero attached hydrogens (tertiary/aromatic N) is 3. The van der Waals surface area contributed by atoms with E-state index < -0.39 is 0 Å². The van der Waals surface area contributed by atoms with Crippen molar-refractivity contribution in [3.8, 4) is 0 Å². The average molecular weight is 296 g/mol. The predicted molar refractivity (Wildman–Crippen MR) is 82.5 cm³/mol. The van der Waals surface area contributed by atoms with E-state index in [1.807, 2.05) is 0 Å². The van der Waals surface area contributed by atoms with Crippen LogP contribution in [0.1, 0.15) is 30.2 Å². The van der Waals surface area contributed by atoms with E-state index in [1.165, 1.54) is 28.7 Å². The van der Waals surface area contributed by atoms with Crippen LogP contribution in [0.3, 0.4) is 0 Å². The number of aromatic nitrogens is 2. The minimum atomic E-state index is 0.363. The van der Waals surface area contributed by atoms with Gasteiger partial charge in [0, 0.05) is 18.0 Å². The average Bonchev–Trinajstić information content (AvgIpc) is 2.64. The minimum Gasteiger partial charge on any atom is -0.356 e. The highest BCUT2D eigenvalue weighted by molar-refractivity contribution is 7.18. The summed E-state index contributed by atoms with van der Waals surface area (Å²) in [4.78, 5) is 13.6. The maximum Gasteiger partial charge on any atom is 0.225 e. The molecule has 1 aliphatic rings. The van der Waals surface area contributed by atoms with Gasteiger partial charge in [0.2, 0.25) is 5.28 Å². The summed E-state index contributed by atoms with van der Waals surface area (Å²) in [5.74, 6) is 1.75. The van der Waals surface area contributed by atoms with Gasteiger partial charge in [-0.2, -0.15) is 4.98 Å². The zero-order chi connectivity index (χ0) is 13.6. The topological polar surface area (TPSA) is 29.0 Å². The zero-order valence-electron chi connectivity index (χ0n) is 11.5. The molecule has 102 valence electrons. The van der Waals surface area contributed by atoms with Gasteiger partial charge in [-0.3, -0.25) is 0 Å². The van der Waals surface area contributed by atoms with Crippen molar-refractivity contribution >= 4 is 39.0 Å². The monoisotopic (exact) mass is 295 g/mol. The fraction of sp³-hybridized carbons (Fsp3) is 0.571. The second kappa shape index (κ2) is 4.91. The molecule has 2 aromatic rings. The molecule has 0 bridgehead atoms. The number of fused-ring (bicyclic) bond motifs is 1. The van der Waals surface area contributed by atoms with E-state index in [9.17, 15) is 0 Å². The Morgan fingerprint density at radius 1 is 1.32 bits per heavy atom. The molecule has 0 saturated carbocycles. The Morgan fingerprint density at radius 2 is 2.11 bits per heavy atom. The first-order valence-electron chi connectivity index (χ1n) is 6.74. The van der Waals surface area contributed by atoms with Crippen LogP contribution in [0.25, 0.3) is 10.2 Å². The molecule has 1 aliphatic heterocycles. The summed E-state index contributed by atoms with van der Waals surface area (Å²) < 4.78 is 0. The fourth-order valence-electron chi connectivity index (χ4n) is 2.81. The van der Waals surface area contributed by atoms with Crippen molar-refractivity contribution < 1.29 is 0 Å². The molecule has 0 spiro atoms. The van der Waals surface area contributed by atoms with Crippen LogP contribution < -0.4 is 4.90 Å². The Bertz CT molecular complexity index is 623. The standard InChI is InChI=1S/C14H18ClN3S/c1-8-5-4-6-18(7-8)12-11-9(2)10(3)19-13(11)17-14(15)16-12/h8H,4-7H2,1-3H3. The number of hydrogen-bond donors (Lipinski definition) is 0. The number of anilines is 1. The van der Waals surface area contributed by atoms with E-state index in [4.69, 9.17) is 11.6 Å². The van der Waals surface area contributed by atoms with E-state index in [-0.39, 0.29) is 0 Å². The normalized spacial score (nSPS) is 20.2. The highest BCUT2D eigenvalue weighted by Crippen LogP contribution is 2.36. The van der Waals surface area contributed by atoms with Gasteiger partial charge in [0.05, 0.1) is 5.39 Å². The molecule has 5 heteroatoms. The zero-order valence-corrected chi connectivity index (χ0v) is 13.1. The summed E-state index contributed by atoms with van der Waals surface area (Å²) in [5.41, 5.74) is 1.30. The predicted octanol–water partition coefficient (Wildman–Crippen LogP) is 4.20. The van der Waals surface area contributed by atoms with E-state index in [1.54, 1.807) is 11.3 Å². The molecule has 0 amide bonds. The van der Waals surface area contributed by atoms with Crippen molar-refractivity contribution in [2.24, 2.45) is 5.92 Å². The molecule has 1 unspecified atom stereocenters. The van der Waals surface area contributed by atoms with Crippen molar-refractivity contribution in [2.45, 2.75) is 33.6 Å². The van der Waals surface area contributed by atoms with E-state index in [0.717, 1.165) is 29.7 Å². The molecule has 0 aromatic carbocycles. The second-order valence-electron chi connectivity index (χ2n) is 5.47. The number of rotatable bonds is 1. The molecule has 1 atom stereocenters. The van der Waals surface area contributed by atoms with Crippen LogP contribution in [0.4, 0.5) is 5.82 Å². The van der Waals surface area contributed by atoms with Crippen LogP contribution in [0, 0.1) is 19.8 Å². The van der Waals surface area contributed by atoms with E-state index in [0.29, 0.717) is 5.28 Å². The summed E-state index contributed by atoms with van der Waals surface area (Å²) >= 11 is 7.81. The summed E-state index contributed by atoms with van der Waals surface area (Å²) in [5, 5.41) is 1.56. The summed E-state index contributed by atoms with van der Waals surface area (Å²) in [6.45, 7) is 8.73. The lowest BCUT2D eigenvalue weighted by Crippen LogP contribution is -2.35. The van der Waals surface area contributed by atoms with Crippen LogP contribution in [0.15, 0.2) is 0 Å². The molecule has 1 fully saturated rings. The third-order valence-electron chi connectivity index (χ3n) is 3.94. The number of aryl methyl sites for hydroxylation is 2. The highest BCUT2D eigenvalue weighted by atomic mass is 35.5. The third kappa shape index (κ3) is 2.32. The number of thiophene rings is 1. The van der Waals surface area contributed by atoms with Gasteiger partial charge in [-0.05, 0) is 49.8 Å². The summed E-state index contributed by atoms with van der Waals surface area (Å²) in [6, 6.07) is 0. The number of piperidine rings is 1. The summed E-state index contributed by atoms with van der Waals surface area (Å²) in [6.07, 6.45) is 2.53. The molecule has 19 heavy (non-hydrogen) atoms. The maximum absolute atomic E-state index is 6.10. The van der Waals surface area contributed by atoms with Crippen molar-refractivity contribution in [2.75, 3.05) is 18.0 Å². The first kappa shape index (κ1) is 13.1. The maximum atomic E-state index is 6.10. The van der Waals surface area contributed by atoms with Crippen molar-refractivity contribution in [3.63, 3.8) is 0 Å². The molecule has 0 radical (unpaired) electrons. The van der Waals surface area contributed by atoms with Gasteiger partial charge in [0.25, 0.3) is 0 Å². The Kier molecular flexibility index (Phi) is 3.39. The molecule has 1 saturated heterocycles. The fourth-order valence-corrected chi connectivity index (χ4v) is 4.05. The SMILES string of the molecule is Cc1sc2nc(Cl)nc(N3CCCC(C)C3)c2c1C. The number of hydrogen-bond acceptors (Lipinski definition) is 4. The molecule has 0 aliphatic carbocycles. The quantitative estimate of drug-likeness (QED) is 0.738. The van der Waals surface area contributed by atoms with E-state index in [2.05, 4.69) is 35.6 Å². The van der Waals surface area contributed by atoms with Gasteiger partial charge in [0.1, 0.15) is 10.6 Å². The minimum absolute atomic E-state index is 0.363. The Hall–Kier alpha value is -0.870. The molecule has 2 aromatic heterocycles. The first-order valence-corrected chi connectivity index (χ1v) is 7.94. The largest absolute Gasteiger partial charge is 0.356 e. The summed E-state index contributed by atoms with van der Waals surface area (Å²) in [7, 11) is 0. The van der Waals surface area contributed by atoms with Crippen molar-refractivity contribution in [1.82, 2.24) is 9.97 Å². The van der Waals surface area contributed by atoms with Gasteiger partial charge in [0.15, 0.2) is 0 Å². The van der Waals surface area contributed by atoms with Crippen LogP contribution in [-0.4, -0.2) is 23.1 Å². The van der Waals surface area contributed by atoms with Crippen LogP contribution in [0.2, 0.25) is 5.28 Å². The Balaban J connectivity index is 2.16. The molecule has 3 heterocycles. The van der Waals surface area contributed by atoms with Crippen LogP contribution in [0.5, 0.6) is 0 Å². The molecular weight excluding hydrogens is 278 g/mol. The Morgan fingerprint density at radius 3 is 2.84 bits per heavy atom. The molecule has 3 nitrogen and oxygen atoms in total. The van der Waals surface area contributed by atoms with Gasteiger partial charge >= 0.3 is 0 Å². The first-order chi connectivity index (χ1) is 9.06. The van der Waals surface area contributed by atoms with E-state index >= 15 is 0 Å². The molecular formula is C14H18ClN3S. The lowest BCUT2D eigenvalue weighted by molar-refractivity contribution is 0.445. The van der Waals surface area contributed by atoms with Gasteiger partial charge in [-0.15, -0.1) is 11.3 Å². The number of halogens is 1. The molecule has 3 rings (SSSR count).